The molecule has 98 valence electrons. The Kier molecular flexibility index (Phi) is 4.06. The van der Waals surface area contributed by atoms with E-state index in [4.69, 9.17) is 15.6 Å². The van der Waals surface area contributed by atoms with E-state index in [1.807, 2.05) is 24.3 Å². The van der Waals surface area contributed by atoms with Gasteiger partial charge < -0.3 is 15.6 Å². The highest BCUT2D eigenvalue weighted by Crippen LogP contribution is 2.28. The van der Waals surface area contributed by atoms with E-state index in [9.17, 15) is 4.79 Å². The van der Waals surface area contributed by atoms with E-state index in [-0.39, 0.29) is 17.9 Å². The van der Waals surface area contributed by atoms with Crippen LogP contribution in [0.5, 0.6) is 5.75 Å². The highest BCUT2D eigenvalue weighted by molar-refractivity contribution is 9.10. The van der Waals surface area contributed by atoms with Gasteiger partial charge in [0.2, 0.25) is 0 Å². The summed E-state index contributed by atoms with van der Waals surface area (Å²) in [4.78, 5) is 11.1. The summed E-state index contributed by atoms with van der Waals surface area (Å²) in [5, 5.41) is 9.10. The molecule has 19 heavy (non-hydrogen) atoms. The summed E-state index contributed by atoms with van der Waals surface area (Å²) in [7, 11) is 0. The molecule has 0 unspecified atom stereocenters. The zero-order valence-corrected chi connectivity index (χ0v) is 11.6. The number of nitrogen functional groups attached to an aromatic ring is 1. The third kappa shape index (κ3) is 3.06. The van der Waals surface area contributed by atoms with Crippen LogP contribution in [0.4, 0.5) is 5.69 Å². The lowest BCUT2D eigenvalue weighted by atomic mass is 10.1. The second-order valence-corrected chi connectivity index (χ2v) is 4.76. The van der Waals surface area contributed by atoms with Crippen LogP contribution in [0, 0.1) is 0 Å². The minimum atomic E-state index is -1.06. The van der Waals surface area contributed by atoms with Gasteiger partial charge in [-0.3, -0.25) is 0 Å². The Morgan fingerprint density at radius 3 is 2.63 bits per heavy atom. The van der Waals surface area contributed by atoms with E-state index in [0.29, 0.717) is 5.69 Å². The Balaban J connectivity index is 2.25. The first-order chi connectivity index (χ1) is 9.09. The van der Waals surface area contributed by atoms with Gasteiger partial charge in [-0.25, -0.2) is 4.79 Å². The molecule has 0 spiro atoms. The molecule has 2 rings (SSSR count). The average molecular weight is 322 g/mol. The molecule has 0 radical (unpaired) electrons. The van der Waals surface area contributed by atoms with Crippen molar-refractivity contribution >= 4 is 27.6 Å². The molecule has 2 aromatic carbocycles. The molecule has 0 saturated heterocycles. The lowest BCUT2D eigenvalue weighted by molar-refractivity contribution is 0.0692. The Labute approximate surface area is 118 Å². The van der Waals surface area contributed by atoms with E-state index < -0.39 is 5.97 Å². The maximum Gasteiger partial charge on any atom is 0.339 e. The second kappa shape index (κ2) is 5.75. The predicted molar refractivity (Wildman–Crippen MR) is 76.3 cm³/mol. The second-order valence-electron chi connectivity index (χ2n) is 3.91. The summed E-state index contributed by atoms with van der Waals surface area (Å²) >= 11 is 3.41. The third-order valence-electron chi connectivity index (χ3n) is 2.61. The van der Waals surface area contributed by atoms with E-state index in [0.717, 1.165) is 10.0 Å². The number of hydrogen-bond donors (Lipinski definition) is 2. The predicted octanol–water partition coefficient (Wildman–Crippen LogP) is 3.31. The van der Waals surface area contributed by atoms with Crippen LogP contribution in [0.15, 0.2) is 46.9 Å². The SMILES string of the molecule is Nc1cccc(C(=O)O)c1OCc1ccccc1Br. The number of nitrogens with two attached hydrogens (primary N) is 1. The van der Waals surface area contributed by atoms with Gasteiger partial charge in [0, 0.05) is 10.0 Å². The van der Waals surface area contributed by atoms with Gasteiger partial charge >= 0.3 is 5.97 Å². The van der Waals surface area contributed by atoms with Gasteiger partial charge in [0.05, 0.1) is 5.69 Å². The van der Waals surface area contributed by atoms with Crippen LogP contribution < -0.4 is 10.5 Å². The molecule has 0 bridgehead atoms. The van der Waals surface area contributed by atoms with Crippen LogP contribution in [0.25, 0.3) is 0 Å². The Morgan fingerprint density at radius 1 is 1.21 bits per heavy atom. The fourth-order valence-corrected chi connectivity index (χ4v) is 2.05. The van der Waals surface area contributed by atoms with Crippen molar-refractivity contribution in [2.75, 3.05) is 5.73 Å². The van der Waals surface area contributed by atoms with Crippen molar-refractivity contribution in [1.29, 1.82) is 0 Å². The molecule has 5 heteroatoms. The van der Waals surface area contributed by atoms with Crippen molar-refractivity contribution in [3.63, 3.8) is 0 Å². The van der Waals surface area contributed by atoms with Crippen LogP contribution in [-0.2, 0) is 6.61 Å². The molecule has 2 aromatic rings. The van der Waals surface area contributed by atoms with Crippen molar-refractivity contribution in [2.45, 2.75) is 6.61 Å². The van der Waals surface area contributed by atoms with Crippen LogP contribution in [0.2, 0.25) is 0 Å². The molecule has 0 aliphatic carbocycles. The number of aromatic carboxylic acids is 1. The maximum absolute atomic E-state index is 11.1. The number of anilines is 1. The number of carbonyl (C=O) groups is 1. The number of benzene rings is 2. The van der Waals surface area contributed by atoms with E-state index in [1.165, 1.54) is 6.07 Å². The number of para-hydroxylation sites is 1. The smallest absolute Gasteiger partial charge is 0.339 e. The summed E-state index contributed by atoms with van der Waals surface area (Å²) in [5.74, 6) is -0.861. The van der Waals surface area contributed by atoms with Crippen molar-refractivity contribution in [3.05, 3.63) is 58.1 Å². The first-order valence-electron chi connectivity index (χ1n) is 5.57. The summed E-state index contributed by atoms with van der Waals surface area (Å²) in [6.07, 6.45) is 0. The van der Waals surface area contributed by atoms with Crippen molar-refractivity contribution < 1.29 is 14.6 Å². The van der Waals surface area contributed by atoms with Gasteiger partial charge in [-0.2, -0.15) is 0 Å². The quantitative estimate of drug-likeness (QED) is 0.847. The highest BCUT2D eigenvalue weighted by Gasteiger charge is 2.14. The molecule has 0 aliphatic rings. The number of carboxylic acids is 1. The number of hydrogen-bond acceptors (Lipinski definition) is 3. The molecule has 0 atom stereocenters. The van der Waals surface area contributed by atoms with Crippen LogP contribution in [-0.4, -0.2) is 11.1 Å². The van der Waals surface area contributed by atoms with Gasteiger partial charge in [0.25, 0.3) is 0 Å². The average Bonchev–Trinajstić information content (AvgIpc) is 2.38. The van der Waals surface area contributed by atoms with Gasteiger partial charge in [0.15, 0.2) is 5.75 Å². The Morgan fingerprint density at radius 2 is 1.95 bits per heavy atom. The minimum Gasteiger partial charge on any atom is -0.486 e. The Hall–Kier alpha value is -2.01. The third-order valence-corrected chi connectivity index (χ3v) is 3.38. The number of carboxylic acid groups (broad SMARTS) is 1. The number of halogens is 1. The number of ether oxygens (including phenoxy) is 1. The molecule has 0 saturated carbocycles. The topological polar surface area (TPSA) is 72.6 Å². The van der Waals surface area contributed by atoms with Crippen LogP contribution >= 0.6 is 15.9 Å². The molecule has 0 amide bonds. The van der Waals surface area contributed by atoms with Gasteiger partial charge in [-0.15, -0.1) is 0 Å². The molecular weight excluding hydrogens is 310 g/mol. The Bertz CT molecular complexity index is 613. The summed E-state index contributed by atoms with van der Waals surface area (Å²) in [6, 6.07) is 12.2. The molecule has 0 fully saturated rings. The van der Waals surface area contributed by atoms with Crippen molar-refractivity contribution in [3.8, 4) is 5.75 Å². The van der Waals surface area contributed by atoms with E-state index >= 15 is 0 Å². The van der Waals surface area contributed by atoms with Gasteiger partial charge in [0.1, 0.15) is 12.2 Å². The van der Waals surface area contributed by atoms with Crippen LogP contribution in [0.3, 0.4) is 0 Å². The zero-order valence-electron chi connectivity index (χ0n) is 9.97. The first kappa shape index (κ1) is 13.4. The normalized spacial score (nSPS) is 10.2. The van der Waals surface area contributed by atoms with Crippen molar-refractivity contribution in [2.24, 2.45) is 0 Å². The first-order valence-corrected chi connectivity index (χ1v) is 6.37. The standard InChI is InChI=1S/C14H12BrNO3/c15-11-6-2-1-4-9(11)8-19-13-10(14(17)18)5-3-7-12(13)16/h1-7H,8,16H2,(H,17,18). The summed E-state index contributed by atoms with van der Waals surface area (Å²) in [5.41, 5.74) is 7.05. The molecule has 3 N–H and O–H groups in total. The lowest BCUT2D eigenvalue weighted by Crippen LogP contribution is -2.06. The molecule has 0 aliphatic heterocycles. The van der Waals surface area contributed by atoms with E-state index in [1.54, 1.807) is 12.1 Å². The largest absolute Gasteiger partial charge is 0.486 e. The van der Waals surface area contributed by atoms with Crippen LogP contribution in [0.1, 0.15) is 15.9 Å². The monoisotopic (exact) mass is 321 g/mol. The molecule has 4 nitrogen and oxygen atoms in total. The maximum atomic E-state index is 11.1. The lowest BCUT2D eigenvalue weighted by Gasteiger charge is -2.12. The van der Waals surface area contributed by atoms with Crippen molar-refractivity contribution in [1.82, 2.24) is 0 Å². The number of rotatable bonds is 4. The minimum absolute atomic E-state index is 0.0621. The van der Waals surface area contributed by atoms with Gasteiger partial charge in [-0.05, 0) is 18.2 Å². The fourth-order valence-electron chi connectivity index (χ4n) is 1.65. The molecular formula is C14H12BrNO3. The van der Waals surface area contributed by atoms with E-state index in [2.05, 4.69) is 15.9 Å². The summed E-state index contributed by atoms with van der Waals surface area (Å²) in [6.45, 7) is 0.246. The zero-order chi connectivity index (χ0) is 13.8. The summed E-state index contributed by atoms with van der Waals surface area (Å²) < 4.78 is 6.46. The highest BCUT2D eigenvalue weighted by atomic mass is 79.9. The van der Waals surface area contributed by atoms with Gasteiger partial charge in [-0.1, -0.05) is 40.2 Å². The molecule has 0 heterocycles. The molecule has 0 aromatic heterocycles. The fraction of sp³-hybridized carbons (Fsp3) is 0.0714.